The van der Waals surface area contributed by atoms with Crippen molar-refractivity contribution >= 4 is 23.7 Å². The minimum Gasteiger partial charge on any atom is -0.370 e. The number of amides is 2. The highest BCUT2D eigenvalue weighted by Crippen LogP contribution is 2.44. The summed E-state index contributed by atoms with van der Waals surface area (Å²) < 4.78 is 0. The number of aliphatic imine (C=N–C) groups is 2. The Labute approximate surface area is 142 Å². The number of guanidine groups is 2. The Bertz CT molecular complexity index is 705. The molecule has 0 aromatic heterocycles. The van der Waals surface area contributed by atoms with Crippen LogP contribution in [-0.4, -0.2) is 86.4 Å². The van der Waals surface area contributed by atoms with Crippen LogP contribution >= 0.6 is 0 Å². The Hall–Kier alpha value is -2.44. The number of carbonyl (C=O) groups excluding carboxylic acids is 2. The maximum Gasteiger partial charge on any atom is 0.229 e. The minimum atomic E-state index is -2.40. The molecule has 2 amide bonds. The van der Waals surface area contributed by atoms with Crippen LogP contribution in [0.15, 0.2) is 9.98 Å². The summed E-state index contributed by atoms with van der Waals surface area (Å²) in [5.74, 6) is -3.02. The molecule has 0 aromatic rings. The normalized spacial score (nSPS) is 39.1. The molecule has 0 radical (unpaired) electrons. The van der Waals surface area contributed by atoms with Gasteiger partial charge < -0.3 is 37.6 Å². The molecule has 1 unspecified atom stereocenters. The van der Waals surface area contributed by atoms with E-state index < -0.39 is 29.6 Å². The number of aliphatic hydroxyl groups is 2. The fraction of sp³-hybridized carbons (Fsp3) is 0.692. The van der Waals surface area contributed by atoms with Gasteiger partial charge in [-0.3, -0.25) is 14.5 Å². The van der Waals surface area contributed by atoms with Gasteiger partial charge in [0.05, 0.1) is 18.6 Å². The van der Waals surface area contributed by atoms with E-state index in [1.807, 2.05) is 0 Å². The third-order valence-electron chi connectivity index (χ3n) is 5.37. The molecule has 4 rings (SSSR count). The number of carbonyl (C=O) groups is 2. The van der Waals surface area contributed by atoms with Crippen LogP contribution in [0.2, 0.25) is 0 Å². The number of rotatable bonds is 2. The second kappa shape index (κ2) is 4.80. The van der Waals surface area contributed by atoms with Crippen molar-refractivity contribution in [2.75, 3.05) is 13.1 Å². The van der Waals surface area contributed by atoms with Crippen molar-refractivity contribution in [3.8, 4) is 0 Å². The molecule has 12 nitrogen and oxygen atoms in total. The lowest BCUT2D eigenvalue weighted by atomic mass is 9.85. The number of hydrogen-bond acceptors (Lipinski definition) is 11. The maximum absolute atomic E-state index is 11.9. The van der Waals surface area contributed by atoms with Gasteiger partial charge in [0, 0.05) is 19.4 Å². The molecule has 2 fully saturated rings. The first-order valence-corrected chi connectivity index (χ1v) is 7.94. The van der Waals surface area contributed by atoms with Gasteiger partial charge in [0.1, 0.15) is 6.04 Å². The van der Waals surface area contributed by atoms with E-state index in [2.05, 4.69) is 15.3 Å². The van der Waals surface area contributed by atoms with Gasteiger partial charge in [-0.15, -0.1) is 0 Å². The van der Waals surface area contributed by atoms with Crippen molar-refractivity contribution < 1.29 is 19.8 Å². The molecule has 2 saturated heterocycles. The van der Waals surface area contributed by atoms with Gasteiger partial charge in [-0.05, 0) is 0 Å². The summed E-state index contributed by atoms with van der Waals surface area (Å²) in [4.78, 5) is 34.9. The van der Waals surface area contributed by atoms with E-state index in [1.165, 1.54) is 4.90 Å². The quantitative estimate of drug-likeness (QED) is 0.208. The van der Waals surface area contributed by atoms with Crippen molar-refractivity contribution in [2.24, 2.45) is 27.2 Å². The average molecular weight is 352 g/mol. The third kappa shape index (κ3) is 1.86. The van der Waals surface area contributed by atoms with Crippen LogP contribution in [0.1, 0.15) is 12.8 Å². The maximum atomic E-state index is 11.9. The van der Waals surface area contributed by atoms with Gasteiger partial charge in [0.25, 0.3) is 0 Å². The molecule has 4 heterocycles. The van der Waals surface area contributed by atoms with Gasteiger partial charge in [0.15, 0.2) is 17.6 Å². The van der Waals surface area contributed by atoms with E-state index >= 15 is 0 Å². The Morgan fingerprint density at radius 1 is 1.20 bits per heavy atom. The highest BCUT2D eigenvalue weighted by molar-refractivity contribution is 6.02. The molecule has 12 heteroatoms. The largest absolute Gasteiger partial charge is 0.370 e. The fourth-order valence-electron chi connectivity index (χ4n) is 4.13. The molecule has 4 aliphatic rings. The summed E-state index contributed by atoms with van der Waals surface area (Å²) in [6.45, 7) is -0.0364. The van der Waals surface area contributed by atoms with Gasteiger partial charge in [-0.1, -0.05) is 0 Å². The summed E-state index contributed by atoms with van der Waals surface area (Å²) in [6.07, 6.45) is 0.288. The van der Waals surface area contributed by atoms with Gasteiger partial charge in [0.2, 0.25) is 17.6 Å². The molecule has 0 bridgehead atoms. The molecule has 9 N–H and O–H groups in total. The van der Waals surface area contributed by atoms with Crippen LogP contribution in [0.3, 0.4) is 0 Å². The summed E-state index contributed by atoms with van der Waals surface area (Å²) in [5.41, 5.74) is 16.1. The average Bonchev–Trinajstić information content (AvgIpc) is 3.11. The Morgan fingerprint density at radius 3 is 2.48 bits per heavy atom. The lowest BCUT2D eigenvalue weighted by molar-refractivity contribution is -0.227. The zero-order chi connectivity index (χ0) is 18.1. The molecule has 136 valence electrons. The Morgan fingerprint density at radius 2 is 1.84 bits per heavy atom. The van der Waals surface area contributed by atoms with Crippen LogP contribution in [0.25, 0.3) is 0 Å². The van der Waals surface area contributed by atoms with Crippen LogP contribution in [0.4, 0.5) is 0 Å². The number of nitrogens with one attached hydrogen (secondary N) is 1. The highest BCUT2D eigenvalue weighted by atomic mass is 16.5. The molecule has 4 atom stereocenters. The first-order valence-electron chi connectivity index (χ1n) is 7.94. The lowest BCUT2D eigenvalue weighted by Gasteiger charge is -2.49. The number of nitrogens with two attached hydrogens (primary N) is 3. The topological polar surface area (TPSA) is 196 Å². The smallest absolute Gasteiger partial charge is 0.229 e. The van der Waals surface area contributed by atoms with Crippen LogP contribution in [0, 0.1) is 0 Å². The molecule has 0 aromatic carbocycles. The molecule has 4 aliphatic heterocycles. The van der Waals surface area contributed by atoms with Gasteiger partial charge in [-0.25, -0.2) is 9.98 Å². The van der Waals surface area contributed by atoms with Gasteiger partial charge >= 0.3 is 0 Å². The number of likely N-dealkylation sites (tertiary alicyclic amines) is 1. The van der Waals surface area contributed by atoms with Gasteiger partial charge in [-0.2, -0.15) is 0 Å². The van der Waals surface area contributed by atoms with Crippen LogP contribution in [-0.2, 0) is 9.59 Å². The zero-order valence-electron chi connectivity index (χ0n) is 13.3. The van der Waals surface area contributed by atoms with Crippen molar-refractivity contribution in [3.05, 3.63) is 0 Å². The van der Waals surface area contributed by atoms with E-state index in [0.29, 0.717) is 0 Å². The summed E-state index contributed by atoms with van der Waals surface area (Å²) in [5, 5.41) is 24.1. The Balaban J connectivity index is 1.75. The molecule has 0 aliphatic carbocycles. The molecule has 0 saturated carbocycles. The second-order valence-corrected chi connectivity index (χ2v) is 6.75. The fourth-order valence-corrected chi connectivity index (χ4v) is 4.13. The van der Waals surface area contributed by atoms with E-state index in [9.17, 15) is 19.8 Å². The first-order chi connectivity index (χ1) is 11.7. The number of imide groups is 1. The predicted molar refractivity (Wildman–Crippen MR) is 84.5 cm³/mol. The van der Waals surface area contributed by atoms with E-state index in [0.717, 1.165) is 4.90 Å². The SMILES string of the molecule is NC1=N[C@H]2[C@H](CN3C(=O)CCC3=O)N=C(N)N3C[C@H](N)C(O)(O)C23N1. The minimum absolute atomic E-state index is 0.0122. The molecule has 25 heavy (non-hydrogen) atoms. The predicted octanol–water partition coefficient (Wildman–Crippen LogP) is -4.86. The second-order valence-electron chi connectivity index (χ2n) is 6.75. The highest BCUT2D eigenvalue weighted by Gasteiger charge is 2.72. The summed E-state index contributed by atoms with van der Waals surface area (Å²) in [7, 11) is 0. The van der Waals surface area contributed by atoms with Crippen molar-refractivity contribution in [1.29, 1.82) is 0 Å². The standard InChI is InChI=1S/C13H20N8O4/c14-6-4-21-11(16)17-5(3-20-7(22)1-2-8(20)23)9-12(21,13(6,24)25)19-10(15)18-9/h5-6,9,24-25H,1-4,14H2,(H2,16,17)(H3,15,18,19)/t5-,6-,9-,12?/m0/s1. The molecule has 1 spiro atoms. The van der Waals surface area contributed by atoms with E-state index in [1.54, 1.807) is 0 Å². The van der Waals surface area contributed by atoms with Crippen LogP contribution in [0.5, 0.6) is 0 Å². The lowest BCUT2D eigenvalue weighted by Crippen LogP contribution is -2.78. The summed E-state index contributed by atoms with van der Waals surface area (Å²) in [6, 6.07) is -2.71. The van der Waals surface area contributed by atoms with Crippen molar-refractivity contribution in [2.45, 2.75) is 42.4 Å². The summed E-state index contributed by atoms with van der Waals surface area (Å²) >= 11 is 0. The molecular weight excluding hydrogens is 332 g/mol. The van der Waals surface area contributed by atoms with E-state index in [4.69, 9.17) is 17.2 Å². The zero-order valence-corrected chi connectivity index (χ0v) is 13.3. The molecular formula is C13H20N8O4. The number of hydrogen-bond donors (Lipinski definition) is 6. The monoisotopic (exact) mass is 352 g/mol. The van der Waals surface area contributed by atoms with Crippen molar-refractivity contribution in [1.82, 2.24) is 15.1 Å². The first kappa shape index (κ1) is 16.1. The number of nitrogens with zero attached hydrogens (tertiary/aromatic N) is 4. The third-order valence-corrected chi connectivity index (χ3v) is 5.37. The van der Waals surface area contributed by atoms with E-state index in [-0.39, 0.29) is 49.7 Å². The van der Waals surface area contributed by atoms with Crippen LogP contribution < -0.4 is 22.5 Å². The van der Waals surface area contributed by atoms with Crippen molar-refractivity contribution in [3.63, 3.8) is 0 Å². The Kier molecular flexibility index (Phi) is 3.08.